The average Bonchev–Trinajstić information content (AvgIpc) is 2.99. The van der Waals surface area contributed by atoms with Crippen molar-refractivity contribution in [3.05, 3.63) is 82.3 Å². The van der Waals surface area contributed by atoms with Crippen LogP contribution in [0.2, 0.25) is 10.0 Å². The van der Waals surface area contributed by atoms with Gasteiger partial charge in [-0.05, 0) is 49.2 Å². The Morgan fingerprint density at radius 2 is 1.55 bits per heavy atom. The Balaban J connectivity index is 2.13. The van der Waals surface area contributed by atoms with Gasteiger partial charge in [0.1, 0.15) is 12.6 Å². The van der Waals surface area contributed by atoms with Gasteiger partial charge in [-0.3, -0.25) is 13.9 Å². The Hall–Kier alpha value is -3.47. The Morgan fingerprint density at radius 3 is 2.12 bits per heavy atom. The maximum absolute atomic E-state index is 14.2. The Morgan fingerprint density at radius 1 is 0.905 bits per heavy atom. The number of sulfonamides is 1. The number of carbonyl (C=O) groups excluding carboxylic acids is 2. The summed E-state index contributed by atoms with van der Waals surface area (Å²) in [5, 5.41) is 3.48. The second-order valence-electron chi connectivity index (χ2n) is 9.30. The van der Waals surface area contributed by atoms with Gasteiger partial charge >= 0.3 is 0 Å². The van der Waals surface area contributed by atoms with Gasteiger partial charge in [0, 0.05) is 34.8 Å². The molecule has 3 rings (SSSR count). The van der Waals surface area contributed by atoms with Crippen LogP contribution in [0.4, 0.5) is 5.69 Å². The first kappa shape index (κ1) is 33.0. The number of halogens is 2. The molecule has 0 fully saturated rings. The van der Waals surface area contributed by atoms with Crippen LogP contribution < -0.4 is 19.1 Å². The third kappa shape index (κ3) is 7.67. The zero-order valence-electron chi connectivity index (χ0n) is 24.0. The van der Waals surface area contributed by atoms with Crippen LogP contribution in [0.25, 0.3) is 0 Å². The zero-order chi connectivity index (χ0) is 30.9. The van der Waals surface area contributed by atoms with Gasteiger partial charge in [0.25, 0.3) is 10.0 Å². The molecule has 42 heavy (non-hydrogen) atoms. The summed E-state index contributed by atoms with van der Waals surface area (Å²) in [4.78, 5) is 28.7. The lowest BCUT2D eigenvalue weighted by Gasteiger charge is -2.33. The van der Waals surface area contributed by atoms with E-state index in [1.54, 1.807) is 49.4 Å². The molecule has 0 saturated carbocycles. The number of ether oxygens (including phenoxy) is 2. The molecule has 0 aliphatic heterocycles. The van der Waals surface area contributed by atoms with Crippen LogP contribution in [0.15, 0.2) is 71.6 Å². The number of benzene rings is 3. The SMILES string of the molecule is CCCNC(=O)[C@H](CC)N(Cc1c(Cl)cccc1Cl)C(=O)CN(c1ccc(OC)c(OC)c1)S(=O)(=O)c1ccccc1. The van der Waals surface area contributed by atoms with E-state index in [-0.39, 0.29) is 35.2 Å². The van der Waals surface area contributed by atoms with Crippen molar-refractivity contribution in [1.29, 1.82) is 0 Å². The first-order valence-electron chi connectivity index (χ1n) is 13.4. The second-order valence-corrected chi connectivity index (χ2v) is 12.0. The minimum atomic E-state index is -4.25. The lowest BCUT2D eigenvalue weighted by molar-refractivity contribution is -0.140. The second kappa shape index (κ2) is 15.1. The highest BCUT2D eigenvalue weighted by Gasteiger charge is 2.34. The van der Waals surface area contributed by atoms with Gasteiger partial charge in [-0.2, -0.15) is 0 Å². The fourth-order valence-corrected chi connectivity index (χ4v) is 6.31. The zero-order valence-corrected chi connectivity index (χ0v) is 26.3. The van der Waals surface area contributed by atoms with E-state index >= 15 is 0 Å². The van der Waals surface area contributed by atoms with Crippen molar-refractivity contribution in [3.63, 3.8) is 0 Å². The molecule has 0 aromatic heterocycles. The van der Waals surface area contributed by atoms with Crippen molar-refractivity contribution in [3.8, 4) is 11.5 Å². The smallest absolute Gasteiger partial charge is 0.264 e. The number of anilines is 1. The van der Waals surface area contributed by atoms with Crippen molar-refractivity contribution in [1.82, 2.24) is 10.2 Å². The van der Waals surface area contributed by atoms with E-state index < -0.39 is 28.5 Å². The number of nitrogens with one attached hydrogen (secondary N) is 1. The molecule has 0 unspecified atom stereocenters. The maximum atomic E-state index is 14.2. The summed E-state index contributed by atoms with van der Waals surface area (Å²) in [6.45, 7) is 3.39. The van der Waals surface area contributed by atoms with Crippen molar-refractivity contribution in [2.75, 3.05) is 31.6 Å². The van der Waals surface area contributed by atoms with E-state index in [9.17, 15) is 18.0 Å². The molecule has 226 valence electrons. The van der Waals surface area contributed by atoms with Crippen LogP contribution >= 0.6 is 23.2 Å². The molecular formula is C30H35Cl2N3O6S. The summed E-state index contributed by atoms with van der Waals surface area (Å²) in [6, 6.07) is 16.4. The van der Waals surface area contributed by atoms with Crippen LogP contribution in [0, 0.1) is 0 Å². The fourth-order valence-electron chi connectivity index (χ4n) is 4.37. The molecule has 3 aromatic rings. The number of carbonyl (C=O) groups is 2. The summed E-state index contributed by atoms with van der Waals surface area (Å²) in [7, 11) is -1.35. The van der Waals surface area contributed by atoms with Gasteiger partial charge in [0.15, 0.2) is 11.5 Å². The molecule has 0 radical (unpaired) electrons. The Labute approximate surface area is 257 Å². The van der Waals surface area contributed by atoms with Gasteiger partial charge in [-0.25, -0.2) is 8.42 Å². The summed E-state index contributed by atoms with van der Waals surface area (Å²) < 4.78 is 39.7. The third-order valence-corrected chi connectivity index (χ3v) is 9.09. The van der Waals surface area contributed by atoms with Gasteiger partial charge in [-0.15, -0.1) is 0 Å². The van der Waals surface area contributed by atoms with E-state index in [0.717, 1.165) is 4.31 Å². The van der Waals surface area contributed by atoms with Crippen LogP contribution in [0.1, 0.15) is 32.3 Å². The molecular weight excluding hydrogens is 601 g/mol. The van der Waals surface area contributed by atoms with Crippen LogP contribution in [-0.2, 0) is 26.2 Å². The van der Waals surface area contributed by atoms with Crippen LogP contribution in [0.5, 0.6) is 11.5 Å². The number of amides is 2. The standard InChI is InChI=1S/C30H35Cl2N3O6S/c1-5-17-33-30(37)26(6-2)34(19-23-24(31)13-10-14-25(23)32)29(36)20-35(42(38,39)22-11-8-7-9-12-22)21-15-16-27(40-3)28(18-21)41-4/h7-16,18,26H,5-6,17,19-20H2,1-4H3,(H,33,37)/t26-/m0/s1. The van der Waals surface area contributed by atoms with Crippen molar-refractivity contribution >= 4 is 50.7 Å². The molecule has 12 heteroatoms. The normalized spacial score (nSPS) is 11.9. The number of hydrogen-bond acceptors (Lipinski definition) is 6. The summed E-state index contributed by atoms with van der Waals surface area (Å²) in [6.07, 6.45) is 0.972. The van der Waals surface area contributed by atoms with Gasteiger partial charge < -0.3 is 19.7 Å². The minimum absolute atomic E-state index is 0.0130. The van der Waals surface area contributed by atoms with E-state index in [1.165, 1.54) is 43.4 Å². The summed E-state index contributed by atoms with van der Waals surface area (Å²) in [5.41, 5.74) is 0.614. The van der Waals surface area contributed by atoms with E-state index in [2.05, 4.69) is 5.32 Å². The monoisotopic (exact) mass is 635 g/mol. The molecule has 0 aliphatic carbocycles. The predicted octanol–water partition coefficient (Wildman–Crippen LogP) is 5.54. The first-order valence-corrected chi connectivity index (χ1v) is 15.6. The molecule has 1 N–H and O–H groups in total. The van der Waals surface area contributed by atoms with E-state index in [0.29, 0.717) is 34.3 Å². The number of rotatable bonds is 14. The minimum Gasteiger partial charge on any atom is -0.493 e. The van der Waals surface area contributed by atoms with Gasteiger partial charge in [0.05, 0.1) is 24.8 Å². The van der Waals surface area contributed by atoms with Crippen molar-refractivity contribution < 1.29 is 27.5 Å². The number of hydrogen-bond donors (Lipinski definition) is 1. The third-order valence-electron chi connectivity index (χ3n) is 6.59. The molecule has 0 spiro atoms. The summed E-state index contributed by atoms with van der Waals surface area (Å²) in [5.74, 6) is -0.322. The van der Waals surface area contributed by atoms with Crippen LogP contribution in [0.3, 0.4) is 0 Å². The number of methoxy groups -OCH3 is 2. The first-order chi connectivity index (χ1) is 20.1. The Bertz CT molecular complexity index is 1470. The predicted molar refractivity (Wildman–Crippen MR) is 165 cm³/mol. The highest BCUT2D eigenvalue weighted by atomic mass is 35.5. The van der Waals surface area contributed by atoms with E-state index in [1.807, 2.05) is 6.92 Å². The fraction of sp³-hybridized carbons (Fsp3) is 0.333. The highest BCUT2D eigenvalue weighted by Crippen LogP contribution is 2.34. The molecule has 1 atom stereocenters. The van der Waals surface area contributed by atoms with Crippen molar-refractivity contribution in [2.45, 2.75) is 44.2 Å². The molecule has 2 amide bonds. The molecule has 0 bridgehead atoms. The lowest BCUT2D eigenvalue weighted by Crippen LogP contribution is -2.52. The molecule has 0 heterocycles. The highest BCUT2D eigenvalue weighted by molar-refractivity contribution is 7.92. The van der Waals surface area contributed by atoms with E-state index in [4.69, 9.17) is 32.7 Å². The molecule has 0 saturated heterocycles. The topological polar surface area (TPSA) is 105 Å². The average molecular weight is 637 g/mol. The molecule has 3 aromatic carbocycles. The summed E-state index contributed by atoms with van der Waals surface area (Å²) >= 11 is 12.9. The Kier molecular flexibility index (Phi) is 11.9. The maximum Gasteiger partial charge on any atom is 0.264 e. The van der Waals surface area contributed by atoms with Crippen LogP contribution in [-0.4, -0.2) is 58.5 Å². The molecule has 0 aliphatic rings. The van der Waals surface area contributed by atoms with Gasteiger partial charge in [0.2, 0.25) is 11.8 Å². The lowest BCUT2D eigenvalue weighted by atomic mass is 10.1. The largest absolute Gasteiger partial charge is 0.493 e. The van der Waals surface area contributed by atoms with Gasteiger partial charge in [-0.1, -0.05) is 61.3 Å². The molecule has 9 nitrogen and oxygen atoms in total. The number of nitrogens with zero attached hydrogens (tertiary/aromatic N) is 2. The van der Waals surface area contributed by atoms with Crippen molar-refractivity contribution in [2.24, 2.45) is 0 Å². The quantitative estimate of drug-likeness (QED) is 0.249.